The summed E-state index contributed by atoms with van der Waals surface area (Å²) in [5.74, 6) is -0.952. The van der Waals surface area contributed by atoms with Gasteiger partial charge in [-0.15, -0.1) is 0 Å². The molecule has 0 saturated carbocycles. The van der Waals surface area contributed by atoms with Crippen LogP contribution in [0.2, 0.25) is 10.0 Å². The van der Waals surface area contributed by atoms with E-state index in [9.17, 15) is 18.0 Å². The standard InChI is InChI=1S/C35H36BrCl2N3O4S/c1-24-13-16-29(17-14-24)46(44,45)41(28-12-8-11-27(36)21-28)23-33(42)40(22-26-15-18-30(37)31(38)19-26)32(34(43)39-35(2,3)4)20-25-9-6-5-7-10-25/h5-19,21,32H,20,22-23H2,1-4H3,(H,39,43). The summed E-state index contributed by atoms with van der Waals surface area (Å²) >= 11 is 16.0. The number of aryl methyl sites for hydroxylation is 1. The van der Waals surface area contributed by atoms with Crippen molar-refractivity contribution in [3.8, 4) is 0 Å². The van der Waals surface area contributed by atoms with Gasteiger partial charge in [-0.25, -0.2) is 8.42 Å². The Morgan fingerprint density at radius 2 is 1.52 bits per heavy atom. The molecule has 0 fully saturated rings. The number of hydrogen-bond donors (Lipinski definition) is 1. The van der Waals surface area contributed by atoms with E-state index in [4.69, 9.17) is 23.2 Å². The Kier molecular flexibility index (Phi) is 11.6. The van der Waals surface area contributed by atoms with Gasteiger partial charge in [-0.2, -0.15) is 0 Å². The molecule has 0 saturated heterocycles. The minimum atomic E-state index is -4.21. The van der Waals surface area contributed by atoms with Crippen molar-refractivity contribution >= 4 is 66.7 Å². The van der Waals surface area contributed by atoms with Gasteiger partial charge in [0, 0.05) is 23.0 Å². The van der Waals surface area contributed by atoms with E-state index in [1.807, 2.05) is 58.0 Å². The van der Waals surface area contributed by atoms with Gasteiger partial charge in [0.05, 0.1) is 20.6 Å². The molecule has 46 heavy (non-hydrogen) atoms. The molecule has 0 spiro atoms. The first kappa shape index (κ1) is 35.5. The third kappa shape index (κ3) is 9.35. The van der Waals surface area contributed by atoms with Crippen molar-refractivity contribution < 1.29 is 18.0 Å². The lowest BCUT2D eigenvalue weighted by Crippen LogP contribution is -2.56. The largest absolute Gasteiger partial charge is 0.350 e. The quantitative estimate of drug-likeness (QED) is 0.170. The Morgan fingerprint density at radius 1 is 0.848 bits per heavy atom. The molecule has 11 heteroatoms. The molecule has 1 unspecified atom stereocenters. The fourth-order valence-corrected chi connectivity index (χ4v) is 6.95. The number of nitrogens with one attached hydrogen (secondary N) is 1. The zero-order chi connectivity index (χ0) is 33.6. The van der Waals surface area contributed by atoms with Crippen LogP contribution in [0, 0.1) is 6.92 Å². The van der Waals surface area contributed by atoms with Gasteiger partial charge in [0.15, 0.2) is 0 Å². The van der Waals surface area contributed by atoms with Crippen LogP contribution < -0.4 is 9.62 Å². The van der Waals surface area contributed by atoms with Crippen molar-refractivity contribution in [1.29, 1.82) is 0 Å². The molecular formula is C35H36BrCl2N3O4S. The number of anilines is 1. The van der Waals surface area contributed by atoms with Crippen molar-refractivity contribution in [1.82, 2.24) is 10.2 Å². The lowest BCUT2D eigenvalue weighted by molar-refractivity contribution is -0.140. The van der Waals surface area contributed by atoms with Crippen LogP contribution in [0.3, 0.4) is 0 Å². The molecule has 4 aromatic carbocycles. The second-order valence-electron chi connectivity index (χ2n) is 12.0. The van der Waals surface area contributed by atoms with Crippen LogP contribution in [0.1, 0.15) is 37.5 Å². The SMILES string of the molecule is Cc1ccc(S(=O)(=O)N(CC(=O)N(Cc2ccc(Cl)c(Cl)c2)C(Cc2ccccc2)C(=O)NC(C)(C)C)c2cccc(Br)c2)cc1. The fourth-order valence-electron chi connectivity index (χ4n) is 4.84. The number of hydrogen-bond acceptors (Lipinski definition) is 4. The number of halogens is 3. The fraction of sp³-hybridized carbons (Fsp3) is 0.257. The van der Waals surface area contributed by atoms with Crippen molar-refractivity contribution in [3.05, 3.63) is 128 Å². The van der Waals surface area contributed by atoms with Gasteiger partial charge in [-0.3, -0.25) is 13.9 Å². The van der Waals surface area contributed by atoms with Crippen LogP contribution in [-0.2, 0) is 32.6 Å². The highest BCUT2D eigenvalue weighted by molar-refractivity contribution is 9.10. The number of sulfonamides is 1. The Labute approximate surface area is 289 Å². The molecule has 2 amide bonds. The summed E-state index contributed by atoms with van der Waals surface area (Å²) in [6.45, 7) is 6.85. The van der Waals surface area contributed by atoms with E-state index < -0.39 is 34.1 Å². The maximum absolute atomic E-state index is 14.6. The summed E-state index contributed by atoms with van der Waals surface area (Å²) in [5.41, 5.74) is 2.04. The first-order chi connectivity index (χ1) is 21.6. The van der Waals surface area contributed by atoms with Crippen LogP contribution in [0.25, 0.3) is 0 Å². The van der Waals surface area contributed by atoms with E-state index in [0.717, 1.165) is 15.4 Å². The van der Waals surface area contributed by atoms with E-state index in [2.05, 4.69) is 21.2 Å². The van der Waals surface area contributed by atoms with E-state index in [-0.39, 0.29) is 29.5 Å². The van der Waals surface area contributed by atoms with Crippen molar-refractivity contribution in [3.63, 3.8) is 0 Å². The van der Waals surface area contributed by atoms with Gasteiger partial charge in [-0.1, -0.05) is 99.3 Å². The summed E-state index contributed by atoms with van der Waals surface area (Å²) < 4.78 is 30.0. The third-order valence-corrected chi connectivity index (χ3v) is 10.1. The van der Waals surface area contributed by atoms with Gasteiger partial charge in [-0.05, 0) is 81.3 Å². The normalized spacial score (nSPS) is 12.3. The smallest absolute Gasteiger partial charge is 0.264 e. The molecule has 0 aromatic heterocycles. The van der Waals surface area contributed by atoms with Crippen LogP contribution >= 0.6 is 39.1 Å². The maximum atomic E-state index is 14.6. The topological polar surface area (TPSA) is 86.8 Å². The second kappa shape index (κ2) is 15.0. The summed E-state index contributed by atoms with van der Waals surface area (Å²) in [6.07, 6.45) is 0.192. The molecule has 0 heterocycles. The number of benzene rings is 4. The Bertz CT molecular complexity index is 1800. The molecule has 0 bridgehead atoms. The van der Waals surface area contributed by atoms with E-state index in [1.165, 1.54) is 17.0 Å². The number of carbonyl (C=O) groups is 2. The predicted molar refractivity (Wildman–Crippen MR) is 189 cm³/mol. The van der Waals surface area contributed by atoms with Crippen molar-refractivity contribution in [2.24, 2.45) is 0 Å². The monoisotopic (exact) mass is 743 g/mol. The van der Waals surface area contributed by atoms with E-state index in [1.54, 1.807) is 54.6 Å². The Hall–Kier alpha value is -3.37. The molecule has 7 nitrogen and oxygen atoms in total. The summed E-state index contributed by atoms with van der Waals surface area (Å²) in [4.78, 5) is 30.0. The van der Waals surface area contributed by atoms with E-state index >= 15 is 0 Å². The molecule has 242 valence electrons. The van der Waals surface area contributed by atoms with E-state index in [0.29, 0.717) is 20.1 Å². The van der Waals surface area contributed by atoms with Gasteiger partial charge < -0.3 is 10.2 Å². The number of rotatable bonds is 11. The lowest BCUT2D eigenvalue weighted by atomic mass is 10.0. The highest BCUT2D eigenvalue weighted by Gasteiger charge is 2.35. The molecule has 4 aromatic rings. The first-order valence-corrected chi connectivity index (χ1v) is 17.6. The van der Waals surface area contributed by atoms with Crippen molar-refractivity contribution in [2.45, 2.75) is 57.1 Å². The number of carbonyl (C=O) groups excluding carboxylic acids is 2. The Morgan fingerprint density at radius 3 is 2.13 bits per heavy atom. The summed E-state index contributed by atoms with van der Waals surface area (Å²) in [6, 6.07) is 26.5. The minimum Gasteiger partial charge on any atom is -0.350 e. The minimum absolute atomic E-state index is 0.0261. The van der Waals surface area contributed by atoms with Gasteiger partial charge in [0.2, 0.25) is 11.8 Å². The molecule has 1 N–H and O–H groups in total. The van der Waals surface area contributed by atoms with Crippen LogP contribution in [0.4, 0.5) is 5.69 Å². The zero-order valence-corrected chi connectivity index (χ0v) is 29.9. The third-order valence-electron chi connectivity index (χ3n) is 7.09. The molecule has 0 radical (unpaired) electrons. The van der Waals surface area contributed by atoms with Crippen LogP contribution in [0.5, 0.6) is 0 Å². The number of amides is 2. The average molecular weight is 746 g/mol. The van der Waals surface area contributed by atoms with Crippen molar-refractivity contribution in [2.75, 3.05) is 10.8 Å². The molecule has 4 rings (SSSR count). The van der Waals surface area contributed by atoms with Crippen LogP contribution in [0.15, 0.2) is 106 Å². The maximum Gasteiger partial charge on any atom is 0.264 e. The zero-order valence-electron chi connectivity index (χ0n) is 26.0. The predicted octanol–water partition coefficient (Wildman–Crippen LogP) is 7.81. The molecule has 1 atom stereocenters. The molecular weight excluding hydrogens is 709 g/mol. The highest BCUT2D eigenvalue weighted by Crippen LogP contribution is 2.28. The summed E-state index contributed by atoms with van der Waals surface area (Å²) in [5, 5.41) is 3.66. The van der Waals surface area contributed by atoms with Gasteiger partial charge >= 0.3 is 0 Å². The Balaban J connectivity index is 1.83. The highest BCUT2D eigenvalue weighted by atomic mass is 79.9. The van der Waals surface area contributed by atoms with Gasteiger partial charge in [0.1, 0.15) is 12.6 Å². The average Bonchev–Trinajstić information content (AvgIpc) is 2.99. The molecule has 0 aliphatic rings. The summed E-state index contributed by atoms with van der Waals surface area (Å²) in [7, 11) is -4.21. The lowest BCUT2D eigenvalue weighted by Gasteiger charge is -2.35. The first-order valence-electron chi connectivity index (χ1n) is 14.6. The van der Waals surface area contributed by atoms with Gasteiger partial charge in [0.25, 0.3) is 10.0 Å². The molecule has 0 aliphatic carbocycles. The molecule has 0 aliphatic heterocycles. The second-order valence-corrected chi connectivity index (χ2v) is 15.6. The van der Waals surface area contributed by atoms with Crippen LogP contribution in [-0.4, -0.2) is 43.3 Å². The number of nitrogens with zero attached hydrogens (tertiary/aromatic N) is 2.